The fourth-order valence-electron chi connectivity index (χ4n) is 3.85. The molecule has 2 rings (SSSR count). The minimum Gasteiger partial charge on any atom is -0.489 e. The molecule has 2 N–H and O–H groups in total. The molecule has 0 unspecified atom stereocenters. The third-order valence-corrected chi connectivity index (χ3v) is 6.78. The van der Waals surface area contributed by atoms with Crippen LogP contribution in [0.2, 0.25) is 0 Å². The van der Waals surface area contributed by atoms with Gasteiger partial charge in [-0.3, -0.25) is 4.79 Å². The van der Waals surface area contributed by atoms with Crippen molar-refractivity contribution in [2.24, 2.45) is 5.14 Å². The van der Waals surface area contributed by atoms with Crippen LogP contribution in [-0.2, 0) is 26.2 Å². The van der Waals surface area contributed by atoms with Crippen LogP contribution in [0, 0.1) is 11.8 Å². The predicted molar refractivity (Wildman–Crippen MR) is 152 cm³/mol. The highest BCUT2D eigenvalue weighted by atomic mass is 32.2. The quantitative estimate of drug-likeness (QED) is 0.150. The van der Waals surface area contributed by atoms with Crippen molar-refractivity contribution < 1.29 is 22.7 Å². The summed E-state index contributed by atoms with van der Waals surface area (Å²) in [4.78, 5) is 11.8. The van der Waals surface area contributed by atoms with Crippen molar-refractivity contribution in [1.29, 1.82) is 0 Å². The van der Waals surface area contributed by atoms with E-state index in [1.54, 1.807) is 12.1 Å². The van der Waals surface area contributed by atoms with Crippen molar-refractivity contribution in [1.82, 2.24) is 0 Å². The van der Waals surface area contributed by atoms with Gasteiger partial charge in [-0.2, -0.15) is 0 Å². The van der Waals surface area contributed by atoms with Gasteiger partial charge in [-0.1, -0.05) is 68.9 Å². The highest BCUT2D eigenvalue weighted by Gasteiger charge is 2.15. The zero-order chi connectivity index (χ0) is 27.9. The molecule has 208 valence electrons. The van der Waals surface area contributed by atoms with E-state index in [-0.39, 0.29) is 16.5 Å². The Morgan fingerprint density at radius 2 is 1.37 bits per heavy atom. The number of unbranched alkanes of at least 4 members (excludes halogenated alkanes) is 9. The Kier molecular flexibility index (Phi) is 13.4. The first-order valence-corrected chi connectivity index (χ1v) is 15.1. The maximum absolute atomic E-state index is 11.7. The molecule has 2 aromatic rings. The summed E-state index contributed by atoms with van der Waals surface area (Å²) in [5, 5.41) is 5.12. The number of carbonyl (C=O) groups is 1. The van der Waals surface area contributed by atoms with Gasteiger partial charge in [-0.05, 0) is 75.6 Å². The van der Waals surface area contributed by atoms with Crippen LogP contribution in [0.5, 0.6) is 5.75 Å². The van der Waals surface area contributed by atoms with Crippen LogP contribution in [0.25, 0.3) is 0 Å². The molecule has 0 aliphatic rings. The number of carbonyl (C=O) groups excluding carboxylic acids is 1. The number of ether oxygens (including phenoxy) is 2. The van der Waals surface area contributed by atoms with E-state index in [0.29, 0.717) is 13.0 Å². The highest BCUT2D eigenvalue weighted by molar-refractivity contribution is 7.89. The fourth-order valence-corrected chi connectivity index (χ4v) is 4.37. The van der Waals surface area contributed by atoms with Gasteiger partial charge < -0.3 is 9.47 Å². The lowest BCUT2D eigenvalue weighted by molar-refractivity contribution is -0.154. The standard InChI is InChI=1S/C31H43NO5S/c1-31(2,3)37-30(33)16-14-12-10-8-6-4-5-7-9-11-13-15-26-17-21-28(22-18-26)36-25-27-19-23-29(24-20-27)38(32,34)35/h17-24H,4-12,14,16,25H2,1-3H3,(H2,32,34,35). The number of primary sulfonamides is 1. The Balaban J connectivity index is 1.50. The van der Waals surface area contributed by atoms with Crippen LogP contribution < -0.4 is 9.88 Å². The Bertz CT molecular complexity index is 1140. The van der Waals surface area contributed by atoms with E-state index < -0.39 is 10.0 Å². The summed E-state index contributed by atoms with van der Waals surface area (Å²) in [7, 11) is -3.68. The Morgan fingerprint density at radius 1 is 0.816 bits per heavy atom. The number of benzene rings is 2. The Labute approximate surface area is 229 Å². The molecule has 0 aliphatic carbocycles. The average Bonchev–Trinajstić information content (AvgIpc) is 2.85. The lowest BCUT2D eigenvalue weighted by Crippen LogP contribution is -2.23. The summed E-state index contributed by atoms with van der Waals surface area (Å²) in [6.07, 6.45) is 12.0. The number of sulfonamides is 1. The number of esters is 1. The minimum absolute atomic E-state index is 0.0865. The second-order valence-electron chi connectivity index (χ2n) is 10.6. The number of hydrogen-bond acceptors (Lipinski definition) is 5. The molecule has 0 saturated heterocycles. The average molecular weight is 542 g/mol. The van der Waals surface area contributed by atoms with Crippen molar-refractivity contribution in [3.05, 3.63) is 59.7 Å². The molecule has 7 heteroatoms. The summed E-state index contributed by atoms with van der Waals surface area (Å²) < 4.78 is 33.7. The molecule has 0 aliphatic heterocycles. The van der Waals surface area contributed by atoms with E-state index >= 15 is 0 Å². The molecule has 0 bridgehead atoms. The van der Waals surface area contributed by atoms with E-state index in [0.717, 1.165) is 42.6 Å². The zero-order valence-corrected chi connectivity index (χ0v) is 23.9. The predicted octanol–water partition coefficient (Wildman–Crippen LogP) is 6.90. The summed E-state index contributed by atoms with van der Waals surface area (Å²) in [5.41, 5.74) is 1.43. The van der Waals surface area contributed by atoms with Gasteiger partial charge >= 0.3 is 5.97 Å². The highest BCUT2D eigenvalue weighted by Crippen LogP contribution is 2.16. The van der Waals surface area contributed by atoms with E-state index in [2.05, 4.69) is 11.8 Å². The van der Waals surface area contributed by atoms with Crippen LogP contribution in [-0.4, -0.2) is 20.0 Å². The zero-order valence-electron chi connectivity index (χ0n) is 23.1. The van der Waals surface area contributed by atoms with Crippen molar-refractivity contribution in [2.75, 3.05) is 0 Å². The Hall–Kier alpha value is -2.82. The van der Waals surface area contributed by atoms with Gasteiger partial charge in [-0.25, -0.2) is 13.6 Å². The van der Waals surface area contributed by atoms with Gasteiger partial charge in [0.25, 0.3) is 0 Å². The lowest BCUT2D eigenvalue weighted by atomic mass is 10.1. The second kappa shape index (κ2) is 16.2. The topological polar surface area (TPSA) is 95.7 Å². The van der Waals surface area contributed by atoms with Crippen LogP contribution in [0.3, 0.4) is 0 Å². The summed E-state index contributed by atoms with van der Waals surface area (Å²) in [6, 6.07) is 14.0. The van der Waals surface area contributed by atoms with Gasteiger partial charge in [0.15, 0.2) is 0 Å². The molecule has 6 nitrogen and oxygen atoms in total. The monoisotopic (exact) mass is 541 g/mol. The molecule has 0 spiro atoms. The van der Waals surface area contributed by atoms with E-state index in [9.17, 15) is 13.2 Å². The van der Waals surface area contributed by atoms with Crippen molar-refractivity contribution in [3.8, 4) is 17.6 Å². The molecule has 0 heterocycles. The fraction of sp³-hybridized carbons (Fsp3) is 0.516. The first kappa shape index (κ1) is 31.4. The molecule has 0 saturated carbocycles. The number of hydrogen-bond donors (Lipinski definition) is 1. The largest absolute Gasteiger partial charge is 0.489 e. The van der Waals surface area contributed by atoms with E-state index in [1.807, 2.05) is 45.0 Å². The number of nitrogens with two attached hydrogens (primary N) is 1. The normalized spacial score (nSPS) is 11.5. The van der Waals surface area contributed by atoms with E-state index in [1.165, 1.54) is 50.7 Å². The van der Waals surface area contributed by atoms with Gasteiger partial charge in [0.2, 0.25) is 10.0 Å². The maximum Gasteiger partial charge on any atom is 0.306 e. The van der Waals surface area contributed by atoms with Crippen LogP contribution in [0.4, 0.5) is 0 Å². The Morgan fingerprint density at radius 3 is 1.92 bits per heavy atom. The smallest absolute Gasteiger partial charge is 0.306 e. The van der Waals surface area contributed by atoms with Gasteiger partial charge in [-0.15, -0.1) is 0 Å². The molecule has 38 heavy (non-hydrogen) atoms. The number of rotatable bonds is 15. The molecular formula is C31H43NO5S. The summed E-state index contributed by atoms with van der Waals surface area (Å²) in [5.74, 6) is 7.11. The maximum atomic E-state index is 11.7. The molecular weight excluding hydrogens is 498 g/mol. The van der Waals surface area contributed by atoms with Crippen LogP contribution in [0.15, 0.2) is 53.4 Å². The molecule has 0 fully saturated rings. The first-order valence-electron chi connectivity index (χ1n) is 13.6. The summed E-state index contributed by atoms with van der Waals surface area (Å²) in [6.45, 7) is 6.05. The van der Waals surface area contributed by atoms with Gasteiger partial charge in [0, 0.05) is 18.4 Å². The molecule has 0 atom stereocenters. The van der Waals surface area contributed by atoms with E-state index in [4.69, 9.17) is 14.6 Å². The van der Waals surface area contributed by atoms with Crippen molar-refractivity contribution >= 4 is 16.0 Å². The first-order chi connectivity index (χ1) is 18.0. The molecule has 0 aromatic heterocycles. The van der Waals surface area contributed by atoms with Crippen LogP contribution >= 0.6 is 0 Å². The van der Waals surface area contributed by atoms with Gasteiger partial charge in [0.05, 0.1) is 4.90 Å². The van der Waals surface area contributed by atoms with Gasteiger partial charge in [0.1, 0.15) is 18.0 Å². The SMILES string of the molecule is CC(C)(C)OC(=O)CCCCCCCCCCCC#Cc1ccc(OCc2ccc(S(N)(=O)=O)cc2)cc1. The lowest BCUT2D eigenvalue weighted by Gasteiger charge is -2.19. The molecule has 2 aromatic carbocycles. The van der Waals surface area contributed by atoms with Crippen molar-refractivity contribution in [3.63, 3.8) is 0 Å². The summed E-state index contributed by atoms with van der Waals surface area (Å²) >= 11 is 0. The third-order valence-electron chi connectivity index (χ3n) is 5.85. The minimum atomic E-state index is -3.68. The molecule has 0 amide bonds. The third kappa shape index (κ3) is 14.2. The van der Waals surface area contributed by atoms with Crippen molar-refractivity contribution in [2.45, 2.75) is 109 Å². The molecule has 0 radical (unpaired) electrons. The van der Waals surface area contributed by atoms with Crippen LogP contribution in [0.1, 0.15) is 103 Å². The second-order valence-corrected chi connectivity index (χ2v) is 12.1.